The maximum atomic E-state index is 9.80. The first-order chi connectivity index (χ1) is 7.27. The molecule has 15 heavy (non-hydrogen) atoms. The lowest BCUT2D eigenvalue weighted by molar-refractivity contribution is 0.342. The number of oxime groups is 1. The second-order valence-corrected chi connectivity index (χ2v) is 3.58. The van der Waals surface area contributed by atoms with Gasteiger partial charge in [-0.3, -0.25) is 0 Å². The highest BCUT2D eigenvalue weighted by Gasteiger charge is 2.18. The number of benzene rings is 2. The van der Waals surface area contributed by atoms with E-state index in [-0.39, 0.29) is 5.75 Å². The fourth-order valence-electron chi connectivity index (χ4n) is 1.94. The zero-order chi connectivity index (χ0) is 10.4. The molecule has 0 fully saturated rings. The Morgan fingerprint density at radius 2 is 2.07 bits per heavy atom. The lowest BCUT2D eigenvalue weighted by Crippen LogP contribution is -2.05. The molecule has 0 amide bonds. The van der Waals surface area contributed by atoms with Gasteiger partial charge in [-0.25, -0.2) is 0 Å². The van der Waals surface area contributed by atoms with E-state index in [1.807, 2.05) is 31.2 Å². The Labute approximate surface area is 86.6 Å². The largest absolute Gasteiger partial charge is 0.507 e. The second-order valence-electron chi connectivity index (χ2n) is 3.58. The van der Waals surface area contributed by atoms with Crippen LogP contribution in [0.1, 0.15) is 12.5 Å². The quantitative estimate of drug-likeness (QED) is 0.708. The summed E-state index contributed by atoms with van der Waals surface area (Å²) in [4.78, 5) is 5.24. The van der Waals surface area contributed by atoms with Gasteiger partial charge in [0, 0.05) is 5.39 Å². The Bertz CT molecular complexity index is 587. The van der Waals surface area contributed by atoms with Crippen molar-refractivity contribution in [3.63, 3.8) is 0 Å². The van der Waals surface area contributed by atoms with E-state index in [2.05, 4.69) is 5.16 Å². The molecule has 0 bridgehead atoms. The van der Waals surface area contributed by atoms with Gasteiger partial charge in [-0.05, 0) is 24.4 Å². The van der Waals surface area contributed by atoms with E-state index < -0.39 is 0 Å². The smallest absolute Gasteiger partial charge is 0.166 e. The second kappa shape index (κ2) is 2.73. The summed E-state index contributed by atoms with van der Waals surface area (Å²) in [6.45, 7) is 1.82. The van der Waals surface area contributed by atoms with Crippen LogP contribution in [0.2, 0.25) is 0 Å². The molecule has 1 N–H and O–H groups in total. The summed E-state index contributed by atoms with van der Waals surface area (Å²) >= 11 is 0. The van der Waals surface area contributed by atoms with E-state index in [9.17, 15) is 5.11 Å². The summed E-state index contributed by atoms with van der Waals surface area (Å²) in [5, 5.41) is 15.7. The maximum Gasteiger partial charge on any atom is 0.166 e. The Kier molecular flexibility index (Phi) is 1.51. The highest BCUT2D eigenvalue weighted by atomic mass is 16.6. The minimum atomic E-state index is 0.250. The van der Waals surface area contributed by atoms with Crippen LogP contribution < -0.4 is 4.84 Å². The molecular weight excluding hydrogens is 190 g/mol. The molecule has 74 valence electrons. The van der Waals surface area contributed by atoms with E-state index in [4.69, 9.17) is 4.84 Å². The van der Waals surface area contributed by atoms with E-state index in [0.717, 1.165) is 16.3 Å². The molecule has 0 radical (unpaired) electrons. The summed E-state index contributed by atoms with van der Waals surface area (Å²) in [5.74, 6) is 0.948. The van der Waals surface area contributed by atoms with Gasteiger partial charge >= 0.3 is 0 Å². The Morgan fingerprint density at radius 1 is 1.20 bits per heavy atom. The number of rotatable bonds is 0. The van der Waals surface area contributed by atoms with Crippen LogP contribution in [0.3, 0.4) is 0 Å². The summed E-state index contributed by atoms with van der Waals surface area (Å²) in [7, 11) is 0. The minimum absolute atomic E-state index is 0.250. The van der Waals surface area contributed by atoms with Crippen molar-refractivity contribution in [3.05, 3.63) is 35.9 Å². The van der Waals surface area contributed by atoms with E-state index in [0.29, 0.717) is 11.5 Å². The van der Waals surface area contributed by atoms with E-state index in [1.165, 1.54) is 0 Å². The van der Waals surface area contributed by atoms with Gasteiger partial charge in [-0.1, -0.05) is 23.4 Å². The lowest BCUT2D eigenvalue weighted by atomic mass is 9.99. The third-order valence-corrected chi connectivity index (χ3v) is 2.63. The molecule has 2 aromatic carbocycles. The van der Waals surface area contributed by atoms with E-state index in [1.54, 1.807) is 6.07 Å². The first-order valence-electron chi connectivity index (χ1n) is 4.74. The molecule has 2 aromatic rings. The van der Waals surface area contributed by atoms with Crippen LogP contribution in [0.15, 0.2) is 35.5 Å². The van der Waals surface area contributed by atoms with Gasteiger partial charge in [0.2, 0.25) is 0 Å². The number of aromatic hydroxyl groups is 1. The zero-order valence-corrected chi connectivity index (χ0v) is 8.19. The minimum Gasteiger partial charge on any atom is -0.507 e. The third kappa shape index (κ3) is 1.03. The molecule has 0 atom stereocenters. The van der Waals surface area contributed by atoms with Gasteiger partial charge < -0.3 is 9.94 Å². The zero-order valence-electron chi connectivity index (χ0n) is 8.19. The molecule has 0 aliphatic carbocycles. The first kappa shape index (κ1) is 8.29. The summed E-state index contributed by atoms with van der Waals surface area (Å²) in [6.07, 6.45) is 0. The van der Waals surface area contributed by atoms with Crippen molar-refractivity contribution in [3.8, 4) is 11.5 Å². The van der Waals surface area contributed by atoms with Crippen LogP contribution in [0.25, 0.3) is 10.8 Å². The van der Waals surface area contributed by atoms with Gasteiger partial charge in [0.25, 0.3) is 0 Å². The Balaban J connectivity index is 2.55. The first-order valence-corrected chi connectivity index (χ1v) is 4.74. The molecule has 0 saturated heterocycles. The Morgan fingerprint density at radius 3 is 2.93 bits per heavy atom. The number of hydrogen-bond donors (Lipinski definition) is 1. The molecule has 1 aliphatic rings. The van der Waals surface area contributed by atoms with Crippen molar-refractivity contribution in [2.75, 3.05) is 0 Å². The van der Waals surface area contributed by atoms with Crippen LogP contribution in [0.5, 0.6) is 11.5 Å². The Hall–Kier alpha value is -2.03. The molecule has 0 aromatic heterocycles. The fourth-order valence-corrected chi connectivity index (χ4v) is 1.94. The van der Waals surface area contributed by atoms with Crippen molar-refractivity contribution in [1.82, 2.24) is 0 Å². The number of phenols is 1. The molecule has 3 rings (SSSR count). The molecule has 3 nitrogen and oxygen atoms in total. The van der Waals surface area contributed by atoms with Crippen LogP contribution in [0.4, 0.5) is 0 Å². The molecule has 1 aliphatic heterocycles. The predicted molar refractivity (Wildman–Crippen MR) is 58.5 cm³/mol. The third-order valence-electron chi connectivity index (χ3n) is 2.63. The topological polar surface area (TPSA) is 41.8 Å². The van der Waals surface area contributed by atoms with E-state index >= 15 is 0 Å². The van der Waals surface area contributed by atoms with Crippen molar-refractivity contribution in [1.29, 1.82) is 0 Å². The molecule has 3 heteroatoms. The number of phenolic OH excluding ortho intramolecular Hbond substituents is 1. The van der Waals surface area contributed by atoms with Crippen LogP contribution in [-0.2, 0) is 0 Å². The summed E-state index contributed by atoms with van der Waals surface area (Å²) in [6, 6.07) is 9.31. The van der Waals surface area contributed by atoms with Gasteiger partial charge in [0.1, 0.15) is 5.75 Å². The SMILES string of the molecule is CC1=NOc2cccc3ccc(O)c1c23. The average Bonchev–Trinajstić information content (AvgIpc) is 2.25. The standard InChI is InChI=1S/C12H9NO2/c1-7-11-9(14)6-5-8-3-2-4-10(12(8)11)15-13-7/h2-6,14H,1H3. The fraction of sp³-hybridized carbons (Fsp3) is 0.0833. The number of hydrogen-bond acceptors (Lipinski definition) is 3. The van der Waals surface area contributed by atoms with Crippen LogP contribution in [-0.4, -0.2) is 10.8 Å². The maximum absolute atomic E-state index is 9.80. The molecule has 0 spiro atoms. The molecule has 1 heterocycles. The summed E-state index contributed by atoms with van der Waals surface area (Å²) in [5.41, 5.74) is 1.48. The highest BCUT2D eigenvalue weighted by molar-refractivity contribution is 6.14. The highest BCUT2D eigenvalue weighted by Crippen LogP contribution is 2.36. The normalized spacial score (nSPS) is 13.5. The van der Waals surface area contributed by atoms with Crippen LogP contribution in [0, 0.1) is 0 Å². The molecule has 0 unspecified atom stereocenters. The van der Waals surface area contributed by atoms with Crippen molar-refractivity contribution >= 4 is 16.5 Å². The van der Waals surface area contributed by atoms with Gasteiger partial charge in [-0.2, -0.15) is 0 Å². The monoisotopic (exact) mass is 199 g/mol. The predicted octanol–water partition coefficient (Wildman–Crippen LogP) is 2.66. The summed E-state index contributed by atoms with van der Waals surface area (Å²) < 4.78 is 0. The molecule has 0 saturated carbocycles. The van der Waals surface area contributed by atoms with Gasteiger partial charge in [-0.15, -0.1) is 0 Å². The lowest BCUT2D eigenvalue weighted by Gasteiger charge is -2.15. The van der Waals surface area contributed by atoms with Crippen LogP contribution >= 0.6 is 0 Å². The van der Waals surface area contributed by atoms with Gasteiger partial charge in [0.05, 0.1) is 11.3 Å². The number of nitrogens with zero attached hydrogens (tertiary/aromatic N) is 1. The van der Waals surface area contributed by atoms with Crippen molar-refractivity contribution < 1.29 is 9.94 Å². The van der Waals surface area contributed by atoms with Crippen molar-refractivity contribution in [2.45, 2.75) is 6.92 Å². The average molecular weight is 199 g/mol. The van der Waals surface area contributed by atoms with Crippen molar-refractivity contribution in [2.24, 2.45) is 5.16 Å². The van der Waals surface area contributed by atoms with Gasteiger partial charge in [0.15, 0.2) is 5.75 Å². The molecular formula is C12H9NO2.